The van der Waals surface area contributed by atoms with Gasteiger partial charge in [-0.15, -0.1) is 5.10 Å². The predicted octanol–water partition coefficient (Wildman–Crippen LogP) is 3.17. The molecule has 1 aliphatic heterocycles. The second-order valence-electron chi connectivity index (χ2n) is 10.1. The van der Waals surface area contributed by atoms with Gasteiger partial charge in [0, 0.05) is 32.1 Å². The number of H-pyrrole nitrogens is 1. The van der Waals surface area contributed by atoms with Crippen LogP contribution in [0.1, 0.15) is 62.9 Å². The molecule has 0 spiro atoms. The number of piperazine rings is 1. The van der Waals surface area contributed by atoms with Crippen molar-refractivity contribution >= 4 is 15.5 Å². The molecule has 0 unspecified atom stereocenters. The zero-order valence-corrected chi connectivity index (χ0v) is 22.7. The van der Waals surface area contributed by atoms with Gasteiger partial charge in [-0.1, -0.05) is 25.7 Å². The minimum atomic E-state index is -3.71. The van der Waals surface area contributed by atoms with Gasteiger partial charge in [0.15, 0.2) is 11.3 Å². The first-order valence-electron chi connectivity index (χ1n) is 13.2. The number of hydrogen-bond donors (Lipinski definition) is 1. The van der Waals surface area contributed by atoms with Gasteiger partial charge < -0.3 is 14.6 Å². The summed E-state index contributed by atoms with van der Waals surface area (Å²) in [6.07, 6.45) is 6.73. The highest BCUT2D eigenvalue weighted by Gasteiger charge is 2.29. The lowest BCUT2D eigenvalue weighted by atomic mass is 10.00. The Morgan fingerprint density at radius 1 is 1.08 bits per heavy atom. The van der Waals surface area contributed by atoms with Crippen LogP contribution >= 0.6 is 0 Å². The van der Waals surface area contributed by atoms with Crippen LogP contribution < -0.4 is 10.3 Å². The number of ether oxygens (including phenoxy) is 1. The highest BCUT2D eigenvalue weighted by Crippen LogP contribution is 2.34. The van der Waals surface area contributed by atoms with Gasteiger partial charge in [0.2, 0.25) is 10.0 Å². The Bertz CT molecular complexity index is 1430. The van der Waals surface area contributed by atoms with E-state index in [1.807, 2.05) is 20.9 Å². The third-order valence-corrected chi connectivity index (χ3v) is 9.42. The van der Waals surface area contributed by atoms with Gasteiger partial charge in [0.05, 0.1) is 22.8 Å². The Labute approximate surface area is 217 Å². The Kier molecular flexibility index (Phi) is 7.37. The number of nitrogens with one attached hydrogen (secondary N) is 1. The van der Waals surface area contributed by atoms with Crippen LogP contribution in [0.3, 0.4) is 0 Å². The van der Waals surface area contributed by atoms with Crippen molar-refractivity contribution in [2.45, 2.75) is 63.2 Å². The fourth-order valence-electron chi connectivity index (χ4n) is 5.43. The van der Waals surface area contributed by atoms with E-state index in [0.29, 0.717) is 55.3 Å². The average molecular weight is 529 g/mol. The third kappa shape index (κ3) is 5.04. The smallest absolute Gasteiger partial charge is 0.277 e. The first kappa shape index (κ1) is 25.9. The van der Waals surface area contributed by atoms with Crippen molar-refractivity contribution in [1.82, 2.24) is 28.8 Å². The molecular weight excluding hydrogens is 492 g/mol. The highest BCUT2D eigenvalue weighted by molar-refractivity contribution is 7.89. The summed E-state index contributed by atoms with van der Waals surface area (Å²) in [5.74, 6) is 1.78. The van der Waals surface area contributed by atoms with Gasteiger partial charge >= 0.3 is 0 Å². The molecule has 2 aliphatic rings. The molecule has 1 N–H and O–H groups in total. The van der Waals surface area contributed by atoms with E-state index >= 15 is 0 Å². The summed E-state index contributed by atoms with van der Waals surface area (Å²) in [6.45, 7) is 6.31. The van der Waals surface area contributed by atoms with Crippen molar-refractivity contribution in [3.8, 4) is 17.1 Å². The summed E-state index contributed by atoms with van der Waals surface area (Å²) in [5.41, 5.74) is 1.22. The number of benzene rings is 1. The summed E-state index contributed by atoms with van der Waals surface area (Å²) in [6, 6.07) is 4.78. The summed E-state index contributed by atoms with van der Waals surface area (Å²) in [7, 11) is -1.73. The molecule has 0 atom stereocenters. The van der Waals surface area contributed by atoms with Crippen LogP contribution in [-0.4, -0.2) is 77.0 Å². The number of aromatic amines is 1. The summed E-state index contributed by atoms with van der Waals surface area (Å²) in [4.78, 5) is 23.2. The third-order valence-electron chi connectivity index (χ3n) is 7.53. The van der Waals surface area contributed by atoms with E-state index in [9.17, 15) is 13.2 Å². The second-order valence-corrected chi connectivity index (χ2v) is 12.0. The molecule has 10 nitrogen and oxygen atoms in total. The van der Waals surface area contributed by atoms with Crippen LogP contribution in [-0.2, 0) is 10.0 Å². The van der Waals surface area contributed by atoms with Gasteiger partial charge in [0.25, 0.3) is 5.56 Å². The molecule has 0 bridgehead atoms. The Balaban J connectivity index is 1.62. The number of rotatable bonds is 6. The standard InChI is InChI=1S/C26H36N6O4S/c1-4-36-22-12-11-20(37(34,35)31-15-13-30(3)14-16-31)17-21(22)24-28-26(33)23-18(2)27-25(32(23)29-24)19-9-7-5-6-8-10-19/h11-12,17,19H,4-10,13-16H2,1-3H3,(H,28,29,33). The Hall–Kier alpha value is -2.76. The molecular formula is C26H36N6O4S. The number of imidazole rings is 1. The van der Waals surface area contributed by atoms with Gasteiger partial charge in [-0.2, -0.15) is 4.31 Å². The molecule has 0 amide bonds. The normalized spacial score (nSPS) is 18.8. The molecule has 0 radical (unpaired) electrons. The minimum Gasteiger partial charge on any atom is -0.493 e. The zero-order chi connectivity index (χ0) is 26.2. The van der Waals surface area contributed by atoms with Crippen molar-refractivity contribution in [2.75, 3.05) is 39.8 Å². The van der Waals surface area contributed by atoms with E-state index in [2.05, 4.69) is 9.88 Å². The molecule has 37 heavy (non-hydrogen) atoms. The molecule has 5 rings (SSSR count). The lowest BCUT2D eigenvalue weighted by Crippen LogP contribution is -2.47. The van der Waals surface area contributed by atoms with E-state index in [1.54, 1.807) is 22.7 Å². The molecule has 2 aromatic heterocycles. The van der Waals surface area contributed by atoms with Crippen molar-refractivity contribution in [2.24, 2.45) is 0 Å². The quantitative estimate of drug-likeness (QED) is 0.489. The molecule has 3 aromatic rings. The number of aryl methyl sites for hydroxylation is 1. The lowest BCUT2D eigenvalue weighted by Gasteiger charge is -2.31. The van der Waals surface area contributed by atoms with Crippen LogP contribution in [0.25, 0.3) is 16.9 Å². The molecule has 11 heteroatoms. The number of hydrogen-bond acceptors (Lipinski definition) is 7. The van der Waals surface area contributed by atoms with Crippen LogP contribution in [0.5, 0.6) is 5.75 Å². The number of sulfonamides is 1. The molecule has 1 saturated carbocycles. The van der Waals surface area contributed by atoms with Gasteiger partial charge in [-0.3, -0.25) is 4.79 Å². The van der Waals surface area contributed by atoms with Gasteiger partial charge in [-0.05, 0) is 51.9 Å². The van der Waals surface area contributed by atoms with Crippen LogP contribution in [0, 0.1) is 6.92 Å². The fourth-order valence-corrected chi connectivity index (χ4v) is 6.88. The maximum atomic E-state index is 13.5. The van der Waals surface area contributed by atoms with Crippen LogP contribution in [0.15, 0.2) is 27.9 Å². The molecule has 3 heterocycles. The Morgan fingerprint density at radius 3 is 2.46 bits per heavy atom. The zero-order valence-electron chi connectivity index (χ0n) is 21.9. The summed E-state index contributed by atoms with van der Waals surface area (Å²) >= 11 is 0. The molecule has 1 aliphatic carbocycles. The van der Waals surface area contributed by atoms with Crippen molar-refractivity contribution < 1.29 is 13.2 Å². The predicted molar refractivity (Wildman–Crippen MR) is 142 cm³/mol. The van der Waals surface area contributed by atoms with E-state index in [0.717, 1.165) is 31.5 Å². The molecule has 1 aromatic carbocycles. The largest absolute Gasteiger partial charge is 0.493 e. The molecule has 1 saturated heterocycles. The lowest BCUT2D eigenvalue weighted by molar-refractivity contribution is 0.222. The number of aromatic nitrogens is 4. The molecule has 200 valence electrons. The van der Waals surface area contributed by atoms with Crippen molar-refractivity contribution in [1.29, 1.82) is 0 Å². The number of nitrogens with zero attached hydrogens (tertiary/aromatic N) is 5. The number of fused-ring (bicyclic) bond motifs is 1. The molecule has 2 fully saturated rings. The number of likely N-dealkylation sites (N-methyl/N-ethyl adjacent to an activating group) is 1. The first-order valence-corrected chi connectivity index (χ1v) is 14.7. The van der Waals surface area contributed by atoms with Crippen LogP contribution in [0.4, 0.5) is 0 Å². The Morgan fingerprint density at radius 2 is 1.78 bits per heavy atom. The summed E-state index contributed by atoms with van der Waals surface area (Å²) < 4.78 is 36.0. The van der Waals surface area contributed by atoms with Crippen molar-refractivity contribution in [3.05, 3.63) is 40.1 Å². The second kappa shape index (κ2) is 10.5. The summed E-state index contributed by atoms with van der Waals surface area (Å²) in [5, 5.41) is 4.82. The van der Waals surface area contributed by atoms with Crippen LogP contribution in [0.2, 0.25) is 0 Å². The van der Waals surface area contributed by atoms with Gasteiger partial charge in [-0.25, -0.2) is 17.9 Å². The fraction of sp³-hybridized carbons (Fsp3) is 0.577. The van der Waals surface area contributed by atoms with E-state index in [4.69, 9.17) is 14.8 Å². The van der Waals surface area contributed by atoms with Crippen molar-refractivity contribution in [3.63, 3.8) is 0 Å². The average Bonchev–Trinajstić information content (AvgIpc) is 3.04. The van der Waals surface area contributed by atoms with E-state index < -0.39 is 10.0 Å². The maximum Gasteiger partial charge on any atom is 0.277 e. The first-order chi connectivity index (χ1) is 17.8. The maximum absolute atomic E-state index is 13.5. The van der Waals surface area contributed by atoms with E-state index in [-0.39, 0.29) is 22.2 Å². The van der Waals surface area contributed by atoms with Gasteiger partial charge in [0.1, 0.15) is 11.6 Å². The minimum absolute atomic E-state index is 0.157. The highest BCUT2D eigenvalue weighted by atomic mass is 32.2. The SMILES string of the molecule is CCOc1ccc(S(=O)(=O)N2CCN(C)CC2)cc1-c1nn2c(C3CCCCCC3)nc(C)c2c(=O)[nH]1. The topological polar surface area (TPSA) is 113 Å². The monoisotopic (exact) mass is 528 g/mol. The van der Waals surface area contributed by atoms with E-state index in [1.165, 1.54) is 17.1 Å².